The molecule has 0 radical (unpaired) electrons. The van der Waals surface area contributed by atoms with Crippen LogP contribution in [0.2, 0.25) is 0 Å². The van der Waals surface area contributed by atoms with E-state index in [0.29, 0.717) is 13.1 Å². The number of nitrogens with zero attached hydrogens (tertiary/aromatic N) is 1. The molecule has 2 aliphatic rings. The van der Waals surface area contributed by atoms with Crippen molar-refractivity contribution in [3.8, 4) is 0 Å². The second kappa shape index (κ2) is 6.30. The van der Waals surface area contributed by atoms with E-state index < -0.39 is 18.1 Å². The molecule has 4 nitrogen and oxygen atoms in total. The topological polar surface area (TPSA) is 52.6 Å². The molecule has 0 saturated carbocycles. The molecule has 0 aromatic heterocycles. The van der Waals surface area contributed by atoms with Crippen molar-refractivity contribution >= 4 is 5.91 Å². The highest BCUT2D eigenvalue weighted by atomic mass is 19.4. The summed E-state index contributed by atoms with van der Waals surface area (Å²) < 4.78 is 37.7. The average molecular weight is 294 g/mol. The number of amides is 1. The van der Waals surface area contributed by atoms with Crippen molar-refractivity contribution in [3.63, 3.8) is 0 Å². The lowest BCUT2D eigenvalue weighted by molar-refractivity contribution is -0.181. The second-order valence-corrected chi connectivity index (χ2v) is 5.75. The molecule has 2 heterocycles. The van der Waals surface area contributed by atoms with Crippen LogP contribution in [0.25, 0.3) is 0 Å². The maximum atomic E-state index is 12.6. The van der Waals surface area contributed by atoms with E-state index in [1.165, 1.54) is 0 Å². The number of carbonyl (C=O) groups excluding carboxylic acids is 1. The van der Waals surface area contributed by atoms with E-state index in [-0.39, 0.29) is 37.8 Å². The van der Waals surface area contributed by atoms with Gasteiger partial charge in [-0.05, 0) is 31.6 Å². The Kier molecular flexibility index (Phi) is 4.90. The van der Waals surface area contributed by atoms with Crippen LogP contribution in [0.3, 0.4) is 0 Å². The van der Waals surface area contributed by atoms with Gasteiger partial charge in [0.05, 0.1) is 12.0 Å². The van der Waals surface area contributed by atoms with Gasteiger partial charge in [-0.1, -0.05) is 0 Å². The van der Waals surface area contributed by atoms with Crippen molar-refractivity contribution in [3.05, 3.63) is 0 Å². The van der Waals surface area contributed by atoms with Crippen molar-refractivity contribution in [1.29, 1.82) is 0 Å². The maximum absolute atomic E-state index is 12.6. The van der Waals surface area contributed by atoms with Gasteiger partial charge >= 0.3 is 6.18 Å². The Balaban J connectivity index is 1.85. The molecule has 2 saturated heterocycles. The Hall–Kier alpha value is -0.820. The molecule has 1 amide bonds. The molecule has 3 atom stereocenters. The van der Waals surface area contributed by atoms with Gasteiger partial charge in [0.15, 0.2) is 0 Å². The zero-order valence-electron chi connectivity index (χ0n) is 11.3. The number of aliphatic hydroxyl groups excluding tert-OH is 1. The highest BCUT2D eigenvalue weighted by molar-refractivity contribution is 5.82. The molecule has 0 bridgehead atoms. The molecule has 2 N–H and O–H groups in total. The van der Waals surface area contributed by atoms with Crippen molar-refractivity contribution in [1.82, 2.24) is 10.2 Å². The molecule has 0 aliphatic carbocycles. The lowest BCUT2D eigenvalue weighted by atomic mass is 9.92. The van der Waals surface area contributed by atoms with E-state index in [0.717, 1.165) is 12.8 Å². The van der Waals surface area contributed by atoms with Crippen LogP contribution in [0.15, 0.2) is 0 Å². The van der Waals surface area contributed by atoms with Gasteiger partial charge in [-0.2, -0.15) is 13.2 Å². The number of aliphatic hydroxyl groups is 1. The largest absolute Gasteiger partial charge is 0.396 e. The van der Waals surface area contributed by atoms with Gasteiger partial charge in [-0.3, -0.25) is 4.79 Å². The molecule has 7 heteroatoms. The molecule has 2 fully saturated rings. The molecule has 0 spiro atoms. The van der Waals surface area contributed by atoms with E-state index in [1.807, 2.05) is 0 Å². The molecule has 0 aromatic rings. The fourth-order valence-corrected chi connectivity index (χ4v) is 2.98. The lowest BCUT2D eigenvalue weighted by Gasteiger charge is -2.37. The highest BCUT2D eigenvalue weighted by Crippen LogP contribution is 2.32. The SMILES string of the molecule is O=C(C1CCC(C(F)(F)F)CN1)N1CCCC(CO)C1. The number of nitrogens with one attached hydrogen (secondary N) is 1. The fraction of sp³-hybridized carbons (Fsp3) is 0.923. The maximum Gasteiger partial charge on any atom is 0.393 e. The number of carbonyl (C=O) groups is 1. The van der Waals surface area contributed by atoms with E-state index in [2.05, 4.69) is 5.32 Å². The standard InChI is InChI=1S/C13H21F3N2O2/c14-13(15,16)10-3-4-11(17-6-10)12(20)18-5-1-2-9(7-18)8-19/h9-11,17,19H,1-8H2. The second-order valence-electron chi connectivity index (χ2n) is 5.75. The molecule has 3 unspecified atom stereocenters. The Morgan fingerprint density at radius 3 is 2.60 bits per heavy atom. The van der Waals surface area contributed by atoms with E-state index in [4.69, 9.17) is 5.11 Å². The summed E-state index contributed by atoms with van der Waals surface area (Å²) in [4.78, 5) is 13.9. The number of halogens is 3. The van der Waals surface area contributed by atoms with Crippen molar-refractivity contribution in [2.24, 2.45) is 11.8 Å². The highest BCUT2D eigenvalue weighted by Gasteiger charge is 2.43. The first-order valence-electron chi connectivity index (χ1n) is 7.11. The Morgan fingerprint density at radius 1 is 1.30 bits per heavy atom. The first kappa shape index (κ1) is 15.6. The zero-order valence-corrected chi connectivity index (χ0v) is 11.3. The summed E-state index contributed by atoms with van der Waals surface area (Å²) in [6, 6.07) is -0.508. The number of rotatable bonds is 2. The Morgan fingerprint density at radius 2 is 2.05 bits per heavy atom. The summed E-state index contributed by atoms with van der Waals surface area (Å²) >= 11 is 0. The predicted molar refractivity (Wildman–Crippen MR) is 67.0 cm³/mol. The van der Waals surface area contributed by atoms with Crippen LogP contribution in [0.5, 0.6) is 0 Å². The Labute approximate surface area is 116 Å². The van der Waals surface area contributed by atoms with Gasteiger partial charge in [0.25, 0.3) is 0 Å². The molecule has 0 aromatic carbocycles. The molecule has 116 valence electrons. The number of alkyl halides is 3. The number of piperidine rings is 2. The zero-order chi connectivity index (χ0) is 14.8. The summed E-state index contributed by atoms with van der Waals surface area (Å²) in [5.74, 6) is -1.37. The van der Waals surface area contributed by atoms with Crippen LogP contribution in [0, 0.1) is 11.8 Å². The smallest absolute Gasteiger partial charge is 0.393 e. The van der Waals surface area contributed by atoms with E-state index >= 15 is 0 Å². The normalized spacial score (nSPS) is 32.2. The molecule has 2 rings (SSSR count). The molecular weight excluding hydrogens is 273 g/mol. The van der Waals surface area contributed by atoms with Crippen molar-refractivity contribution in [2.45, 2.75) is 37.9 Å². The third-order valence-corrected chi connectivity index (χ3v) is 4.26. The van der Waals surface area contributed by atoms with Gasteiger partial charge < -0.3 is 15.3 Å². The number of hydrogen-bond donors (Lipinski definition) is 2. The summed E-state index contributed by atoms with van der Waals surface area (Å²) in [6.45, 7) is 1.02. The summed E-state index contributed by atoms with van der Waals surface area (Å²) in [5, 5.41) is 11.9. The quantitative estimate of drug-likeness (QED) is 0.803. The van der Waals surface area contributed by atoms with Crippen LogP contribution in [-0.4, -0.2) is 54.4 Å². The third-order valence-electron chi connectivity index (χ3n) is 4.26. The minimum Gasteiger partial charge on any atom is -0.396 e. The van der Waals surface area contributed by atoms with Crippen LogP contribution < -0.4 is 5.32 Å². The molecular formula is C13H21F3N2O2. The van der Waals surface area contributed by atoms with Crippen LogP contribution in [0.1, 0.15) is 25.7 Å². The Bertz CT molecular complexity index is 341. The first-order chi connectivity index (χ1) is 9.41. The van der Waals surface area contributed by atoms with Crippen LogP contribution in [0.4, 0.5) is 13.2 Å². The first-order valence-corrected chi connectivity index (χ1v) is 7.11. The number of hydrogen-bond acceptors (Lipinski definition) is 3. The van der Waals surface area contributed by atoms with Gasteiger partial charge in [-0.15, -0.1) is 0 Å². The van der Waals surface area contributed by atoms with E-state index in [1.54, 1.807) is 4.90 Å². The summed E-state index contributed by atoms with van der Waals surface area (Å²) in [5.41, 5.74) is 0. The minimum atomic E-state index is -4.19. The number of likely N-dealkylation sites (tertiary alicyclic amines) is 1. The average Bonchev–Trinajstić information content (AvgIpc) is 2.46. The lowest BCUT2D eigenvalue weighted by Crippen LogP contribution is -2.54. The minimum absolute atomic E-state index is 0.00414. The van der Waals surface area contributed by atoms with Crippen molar-refractivity contribution in [2.75, 3.05) is 26.2 Å². The summed E-state index contributed by atoms with van der Waals surface area (Å²) in [6.07, 6.45) is -2.22. The van der Waals surface area contributed by atoms with Gasteiger partial charge in [0.2, 0.25) is 5.91 Å². The monoisotopic (exact) mass is 294 g/mol. The van der Waals surface area contributed by atoms with Gasteiger partial charge in [0, 0.05) is 26.2 Å². The third kappa shape index (κ3) is 3.63. The summed E-state index contributed by atoms with van der Waals surface area (Å²) in [7, 11) is 0. The van der Waals surface area contributed by atoms with E-state index in [9.17, 15) is 18.0 Å². The molecule has 2 aliphatic heterocycles. The van der Waals surface area contributed by atoms with Gasteiger partial charge in [0.1, 0.15) is 0 Å². The van der Waals surface area contributed by atoms with Crippen LogP contribution in [-0.2, 0) is 4.79 Å². The predicted octanol–water partition coefficient (Wildman–Crippen LogP) is 1.15. The van der Waals surface area contributed by atoms with Crippen LogP contribution >= 0.6 is 0 Å². The molecule has 20 heavy (non-hydrogen) atoms. The van der Waals surface area contributed by atoms with Gasteiger partial charge in [-0.25, -0.2) is 0 Å². The fourth-order valence-electron chi connectivity index (χ4n) is 2.98. The van der Waals surface area contributed by atoms with Crippen molar-refractivity contribution < 1.29 is 23.1 Å².